The van der Waals surface area contributed by atoms with Gasteiger partial charge in [-0.2, -0.15) is 0 Å². The van der Waals surface area contributed by atoms with Crippen molar-refractivity contribution in [3.05, 3.63) is 63.2 Å². The van der Waals surface area contributed by atoms with E-state index in [1.54, 1.807) is 18.2 Å². The molecule has 12 nitrogen and oxygen atoms in total. The van der Waals surface area contributed by atoms with E-state index in [0.717, 1.165) is 16.5 Å². The second kappa shape index (κ2) is 8.94. The quantitative estimate of drug-likeness (QED) is 0.267. The Labute approximate surface area is 186 Å². The minimum atomic E-state index is -0.850. The van der Waals surface area contributed by atoms with Crippen molar-refractivity contribution in [3.63, 3.8) is 0 Å². The number of esters is 1. The number of nitrogens with zero attached hydrogens (tertiary/aromatic N) is 2. The number of hydrogen-bond acceptors (Lipinski definition) is 9. The first-order chi connectivity index (χ1) is 15.8. The number of rotatable bonds is 8. The van der Waals surface area contributed by atoms with Crippen molar-refractivity contribution >= 4 is 29.4 Å². The molecule has 12 heteroatoms. The van der Waals surface area contributed by atoms with Crippen LogP contribution in [0.5, 0.6) is 11.5 Å². The lowest BCUT2D eigenvalue weighted by atomic mass is 10.1. The Bertz CT molecular complexity index is 1180. The molecule has 0 radical (unpaired) electrons. The first-order valence-corrected chi connectivity index (χ1v) is 9.79. The lowest BCUT2D eigenvalue weighted by molar-refractivity contribution is -0.385. The van der Waals surface area contributed by atoms with Crippen molar-refractivity contribution in [1.29, 1.82) is 0 Å². The van der Waals surface area contributed by atoms with Crippen LogP contribution in [0.25, 0.3) is 0 Å². The minimum absolute atomic E-state index is 0.0922. The summed E-state index contributed by atoms with van der Waals surface area (Å²) in [6.07, 6.45) is -0.366. The van der Waals surface area contributed by atoms with Gasteiger partial charge in [0.15, 0.2) is 18.1 Å². The highest BCUT2D eigenvalue weighted by Gasteiger charge is 2.40. The number of ether oxygens (including phenoxy) is 3. The second-order valence-corrected chi connectivity index (χ2v) is 7.09. The first kappa shape index (κ1) is 21.7. The molecule has 0 aromatic heterocycles. The van der Waals surface area contributed by atoms with Gasteiger partial charge in [-0.05, 0) is 23.8 Å². The van der Waals surface area contributed by atoms with Crippen LogP contribution in [0.3, 0.4) is 0 Å². The number of nitro benzene ring substituents is 1. The van der Waals surface area contributed by atoms with Crippen molar-refractivity contribution in [2.24, 2.45) is 0 Å². The van der Waals surface area contributed by atoms with Crippen LogP contribution in [0.4, 0.5) is 5.69 Å². The number of nitrogens with one attached hydrogen (secondary N) is 1. The molecular formula is C21H17N3O9. The van der Waals surface area contributed by atoms with Gasteiger partial charge in [-0.1, -0.05) is 12.1 Å². The molecule has 170 valence electrons. The molecule has 0 saturated carbocycles. The molecule has 2 heterocycles. The molecule has 0 atom stereocenters. The average molecular weight is 455 g/mol. The maximum absolute atomic E-state index is 12.5. The van der Waals surface area contributed by atoms with E-state index in [1.807, 2.05) is 0 Å². The Morgan fingerprint density at radius 1 is 1.12 bits per heavy atom. The zero-order valence-electron chi connectivity index (χ0n) is 17.1. The van der Waals surface area contributed by atoms with Crippen LogP contribution >= 0.6 is 0 Å². The van der Waals surface area contributed by atoms with Crippen LogP contribution in [-0.4, -0.2) is 53.5 Å². The Kier molecular flexibility index (Phi) is 5.89. The van der Waals surface area contributed by atoms with E-state index in [1.165, 1.54) is 12.1 Å². The minimum Gasteiger partial charge on any atom is -0.456 e. The van der Waals surface area contributed by atoms with Crippen molar-refractivity contribution in [2.75, 3.05) is 19.9 Å². The van der Waals surface area contributed by atoms with Crippen molar-refractivity contribution < 1.29 is 38.3 Å². The average Bonchev–Trinajstić information content (AvgIpc) is 3.37. The summed E-state index contributed by atoms with van der Waals surface area (Å²) in [6.45, 7) is -0.558. The Morgan fingerprint density at radius 3 is 2.70 bits per heavy atom. The fourth-order valence-corrected chi connectivity index (χ4v) is 3.39. The predicted octanol–water partition coefficient (Wildman–Crippen LogP) is 1.17. The number of amides is 3. The normalized spacial score (nSPS) is 13.6. The number of benzene rings is 2. The maximum Gasteiger partial charge on any atom is 0.308 e. The third-order valence-corrected chi connectivity index (χ3v) is 5.00. The highest BCUT2D eigenvalue weighted by Crippen LogP contribution is 2.32. The summed E-state index contributed by atoms with van der Waals surface area (Å²) in [4.78, 5) is 59.9. The monoisotopic (exact) mass is 455 g/mol. The van der Waals surface area contributed by atoms with Crippen molar-refractivity contribution in [3.8, 4) is 11.5 Å². The van der Waals surface area contributed by atoms with Gasteiger partial charge in [-0.25, -0.2) is 0 Å². The van der Waals surface area contributed by atoms with Gasteiger partial charge in [0.05, 0.1) is 16.9 Å². The van der Waals surface area contributed by atoms with Gasteiger partial charge in [-0.3, -0.25) is 34.2 Å². The number of fused-ring (bicyclic) bond motifs is 2. The molecule has 2 aliphatic rings. The molecule has 0 bridgehead atoms. The van der Waals surface area contributed by atoms with E-state index in [0.29, 0.717) is 11.5 Å². The third-order valence-electron chi connectivity index (χ3n) is 5.00. The van der Waals surface area contributed by atoms with Gasteiger partial charge in [0, 0.05) is 19.2 Å². The molecular weight excluding hydrogens is 438 g/mol. The molecule has 33 heavy (non-hydrogen) atoms. The molecule has 0 fully saturated rings. The number of carbonyl (C=O) groups is 4. The zero-order chi connectivity index (χ0) is 23.5. The molecule has 4 rings (SSSR count). The molecule has 0 saturated heterocycles. The van der Waals surface area contributed by atoms with Crippen LogP contribution in [0.1, 0.15) is 32.7 Å². The standard InChI is InChI=1S/C21H17N3O9/c25-17(22-9-12-4-5-15-16(8-12)33-11-32-15)10-31-18(26)6-7-23-20(27)13-2-1-3-14(24(29)30)19(13)21(23)28/h1-5,8H,6-7,9-11H2,(H,22,25). The summed E-state index contributed by atoms with van der Waals surface area (Å²) < 4.78 is 15.3. The molecule has 2 aromatic carbocycles. The zero-order valence-corrected chi connectivity index (χ0v) is 17.1. The van der Waals surface area contributed by atoms with E-state index in [2.05, 4.69) is 5.32 Å². The summed E-state index contributed by atoms with van der Waals surface area (Å²) >= 11 is 0. The fraction of sp³-hybridized carbons (Fsp3) is 0.238. The number of imide groups is 1. The largest absolute Gasteiger partial charge is 0.456 e. The summed E-state index contributed by atoms with van der Waals surface area (Å²) in [5.41, 5.74) is -0.108. The van der Waals surface area contributed by atoms with E-state index < -0.39 is 40.9 Å². The highest BCUT2D eigenvalue weighted by molar-refractivity contribution is 6.23. The van der Waals surface area contributed by atoms with Gasteiger partial charge >= 0.3 is 5.97 Å². The van der Waals surface area contributed by atoms with Crippen LogP contribution < -0.4 is 14.8 Å². The SMILES string of the molecule is O=C(COC(=O)CCN1C(=O)c2cccc([N+](=O)[O-])c2C1=O)NCc1ccc2c(c1)OCO2. The Balaban J connectivity index is 1.24. The molecule has 2 aromatic rings. The highest BCUT2D eigenvalue weighted by atomic mass is 16.7. The van der Waals surface area contributed by atoms with E-state index in [4.69, 9.17) is 14.2 Å². The van der Waals surface area contributed by atoms with Gasteiger partial charge in [0.1, 0.15) is 5.56 Å². The summed E-state index contributed by atoms with van der Waals surface area (Å²) in [7, 11) is 0. The number of carbonyl (C=O) groups excluding carboxylic acids is 4. The summed E-state index contributed by atoms with van der Waals surface area (Å²) in [5.74, 6) is -1.74. The van der Waals surface area contributed by atoms with E-state index in [9.17, 15) is 29.3 Å². The second-order valence-electron chi connectivity index (χ2n) is 7.09. The van der Waals surface area contributed by atoms with E-state index >= 15 is 0 Å². The molecule has 0 spiro atoms. The smallest absolute Gasteiger partial charge is 0.308 e. The van der Waals surface area contributed by atoms with Crippen molar-refractivity contribution in [1.82, 2.24) is 10.2 Å². The van der Waals surface area contributed by atoms with E-state index in [-0.39, 0.29) is 37.4 Å². The van der Waals surface area contributed by atoms with Gasteiger partial charge in [-0.15, -0.1) is 0 Å². The van der Waals surface area contributed by atoms with Crippen LogP contribution in [0, 0.1) is 10.1 Å². The Hall–Kier alpha value is -4.48. The first-order valence-electron chi connectivity index (χ1n) is 9.79. The Morgan fingerprint density at radius 2 is 1.91 bits per heavy atom. The molecule has 0 unspecified atom stereocenters. The fourth-order valence-electron chi connectivity index (χ4n) is 3.39. The topological polar surface area (TPSA) is 154 Å². The lowest BCUT2D eigenvalue weighted by Gasteiger charge is -2.13. The van der Waals surface area contributed by atoms with Gasteiger partial charge < -0.3 is 19.5 Å². The van der Waals surface area contributed by atoms with Crippen molar-refractivity contribution in [2.45, 2.75) is 13.0 Å². The van der Waals surface area contributed by atoms with Crippen LogP contribution in [0.2, 0.25) is 0 Å². The maximum atomic E-state index is 12.5. The van der Waals surface area contributed by atoms with Crippen LogP contribution in [-0.2, 0) is 20.9 Å². The van der Waals surface area contributed by atoms with Crippen LogP contribution in [0.15, 0.2) is 36.4 Å². The lowest BCUT2D eigenvalue weighted by Crippen LogP contribution is -2.33. The van der Waals surface area contributed by atoms with Gasteiger partial charge in [0.25, 0.3) is 23.4 Å². The summed E-state index contributed by atoms with van der Waals surface area (Å²) in [6, 6.07) is 8.95. The molecule has 3 amide bonds. The third kappa shape index (κ3) is 4.44. The molecule has 2 aliphatic heterocycles. The number of nitro groups is 1. The molecule has 1 N–H and O–H groups in total. The van der Waals surface area contributed by atoms with Gasteiger partial charge in [0.2, 0.25) is 6.79 Å². The predicted molar refractivity (Wildman–Crippen MR) is 108 cm³/mol. The number of hydrogen-bond donors (Lipinski definition) is 1. The molecule has 0 aliphatic carbocycles. The summed E-state index contributed by atoms with van der Waals surface area (Å²) in [5, 5.41) is 13.7.